The predicted molar refractivity (Wildman–Crippen MR) is 150 cm³/mol. The lowest BCUT2D eigenvalue weighted by Gasteiger charge is -2.12. The molecule has 0 saturated carbocycles. The van der Waals surface area contributed by atoms with Crippen LogP contribution in [0.3, 0.4) is 0 Å². The molecule has 0 aliphatic rings. The van der Waals surface area contributed by atoms with Crippen LogP contribution in [0.15, 0.2) is 96.7 Å². The van der Waals surface area contributed by atoms with E-state index in [1.807, 2.05) is 62.4 Å². The summed E-state index contributed by atoms with van der Waals surface area (Å²) in [6.07, 6.45) is 9.59. The fraction of sp³-hybridized carbons (Fsp3) is 0.267. The molecule has 6 nitrogen and oxygen atoms in total. The Hall–Kier alpha value is -3.55. The average molecular weight is 519 g/mol. The lowest BCUT2D eigenvalue weighted by atomic mass is 10.1. The number of thioether (sulfide) groups is 1. The van der Waals surface area contributed by atoms with Crippen LogP contribution in [0.2, 0.25) is 0 Å². The van der Waals surface area contributed by atoms with Crippen molar-refractivity contribution < 1.29 is 19.4 Å². The van der Waals surface area contributed by atoms with E-state index in [-0.39, 0.29) is 18.5 Å². The van der Waals surface area contributed by atoms with Gasteiger partial charge in [-0.25, -0.2) is 9.78 Å². The molecule has 7 heteroatoms. The summed E-state index contributed by atoms with van der Waals surface area (Å²) in [6, 6.07) is 16.8. The summed E-state index contributed by atoms with van der Waals surface area (Å²) in [4.78, 5) is 20.2. The zero-order chi connectivity index (χ0) is 26.5. The number of hydrogen-bond acceptors (Lipinski definition) is 6. The van der Waals surface area contributed by atoms with Crippen LogP contribution in [0.5, 0.6) is 5.75 Å². The van der Waals surface area contributed by atoms with E-state index in [0.29, 0.717) is 30.1 Å². The molecule has 1 atom stereocenters. The molecule has 3 rings (SSSR count). The Morgan fingerprint density at radius 2 is 1.84 bits per heavy atom. The fourth-order valence-electron chi connectivity index (χ4n) is 3.27. The third-order valence-corrected chi connectivity index (χ3v) is 6.13. The first kappa shape index (κ1) is 28.0. The van der Waals surface area contributed by atoms with Crippen molar-refractivity contribution in [3.05, 3.63) is 103 Å². The predicted octanol–water partition coefficient (Wildman–Crippen LogP) is 6.26. The molecule has 0 spiro atoms. The fourth-order valence-corrected chi connectivity index (χ4v) is 4.07. The maximum Gasteiger partial charge on any atom is 0.338 e. The maximum absolute atomic E-state index is 12.0. The molecule has 0 radical (unpaired) electrons. The van der Waals surface area contributed by atoms with Crippen molar-refractivity contribution in [2.75, 3.05) is 19.0 Å². The van der Waals surface area contributed by atoms with E-state index in [1.54, 1.807) is 30.3 Å². The summed E-state index contributed by atoms with van der Waals surface area (Å²) in [5, 5.41) is 11.2. The monoisotopic (exact) mass is 518 g/mol. The van der Waals surface area contributed by atoms with Crippen molar-refractivity contribution in [2.24, 2.45) is 5.92 Å². The molecule has 0 amide bonds. The van der Waals surface area contributed by atoms with Crippen LogP contribution < -0.4 is 4.74 Å². The molecule has 0 aliphatic carbocycles. The van der Waals surface area contributed by atoms with Gasteiger partial charge in [0.2, 0.25) is 0 Å². The van der Waals surface area contributed by atoms with Crippen molar-refractivity contribution in [1.82, 2.24) is 9.97 Å². The number of carbonyl (C=O) groups excluding carboxylic acids is 1. The maximum atomic E-state index is 12.0. The van der Waals surface area contributed by atoms with Gasteiger partial charge in [0.05, 0.1) is 24.0 Å². The van der Waals surface area contributed by atoms with Gasteiger partial charge in [-0.2, -0.15) is 0 Å². The highest BCUT2D eigenvalue weighted by atomic mass is 32.2. The number of allylic oxidation sites excluding steroid dienone is 5. The van der Waals surface area contributed by atoms with Gasteiger partial charge >= 0.3 is 5.97 Å². The van der Waals surface area contributed by atoms with Crippen molar-refractivity contribution in [2.45, 2.75) is 31.5 Å². The summed E-state index contributed by atoms with van der Waals surface area (Å²) in [5.74, 6) is 0.922. The molecule has 1 unspecified atom stereocenters. The summed E-state index contributed by atoms with van der Waals surface area (Å²) in [5.41, 5.74) is 3.42. The molecule has 0 saturated heterocycles. The van der Waals surface area contributed by atoms with Gasteiger partial charge in [0.1, 0.15) is 12.4 Å². The number of ether oxygens (including phenoxy) is 2. The van der Waals surface area contributed by atoms with E-state index in [9.17, 15) is 9.90 Å². The Morgan fingerprint density at radius 1 is 1.08 bits per heavy atom. The van der Waals surface area contributed by atoms with Crippen molar-refractivity contribution in [3.63, 3.8) is 0 Å². The van der Waals surface area contributed by atoms with E-state index < -0.39 is 6.10 Å². The lowest BCUT2D eigenvalue weighted by molar-refractivity contribution is 0.0459. The molecule has 2 aromatic carbocycles. The minimum absolute atomic E-state index is 0.127. The molecular weight excluding hydrogens is 484 g/mol. The topological polar surface area (TPSA) is 84.4 Å². The number of hydrogen-bond donors (Lipinski definition) is 2. The SMILES string of the molecule is C=C/C=C\C=C/Cc1[nH]c(SCC(O)COc2ccc(C(=O)OCC(C)C)cc2)nc1-c1ccccc1. The minimum Gasteiger partial charge on any atom is -0.491 e. The minimum atomic E-state index is -0.696. The molecule has 194 valence electrons. The van der Waals surface area contributed by atoms with E-state index >= 15 is 0 Å². The van der Waals surface area contributed by atoms with Gasteiger partial charge in [-0.15, -0.1) is 0 Å². The Labute approximate surface area is 223 Å². The van der Waals surface area contributed by atoms with E-state index in [0.717, 1.165) is 22.1 Å². The first-order valence-corrected chi connectivity index (χ1v) is 13.2. The van der Waals surface area contributed by atoms with E-state index in [4.69, 9.17) is 14.5 Å². The summed E-state index contributed by atoms with van der Waals surface area (Å²) in [7, 11) is 0. The number of rotatable bonds is 14. The van der Waals surface area contributed by atoms with Gasteiger partial charge in [-0.1, -0.05) is 92.9 Å². The lowest BCUT2D eigenvalue weighted by Crippen LogP contribution is -2.20. The quantitative estimate of drug-likeness (QED) is 0.149. The molecule has 2 N–H and O–H groups in total. The normalized spacial score (nSPS) is 12.3. The van der Waals surface area contributed by atoms with Crippen LogP contribution in [0.25, 0.3) is 11.3 Å². The highest BCUT2D eigenvalue weighted by Gasteiger charge is 2.14. The zero-order valence-corrected chi connectivity index (χ0v) is 22.1. The second kappa shape index (κ2) is 14.9. The number of aliphatic hydroxyl groups is 1. The average Bonchev–Trinajstić information content (AvgIpc) is 3.33. The number of imidazole rings is 1. The second-order valence-electron chi connectivity index (χ2n) is 8.78. The highest BCUT2D eigenvalue weighted by Crippen LogP contribution is 2.26. The third-order valence-electron chi connectivity index (χ3n) is 5.11. The molecule has 3 aromatic rings. The number of benzene rings is 2. The molecule has 0 fully saturated rings. The number of esters is 1. The van der Waals surface area contributed by atoms with Gasteiger partial charge in [-0.05, 0) is 30.2 Å². The first-order valence-electron chi connectivity index (χ1n) is 12.3. The van der Waals surface area contributed by atoms with Gasteiger partial charge < -0.3 is 19.6 Å². The summed E-state index contributed by atoms with van der Waals surface area (Å²) in [6.45, 7) is 8.16. The standard InChI is InChI=1S/C30H34N2O4S/c1-4-5-6-7-11-14-27-28(23-12-9-8-10-13-23)32-30(31-27)37-21-25(33)20-35-26-17-15-24(16-18-26)29(34)36-19-22(2)3/h4-13,15-18,22,25,33H,1,14,19-21H2,2-3H3,(H,31,32)/b6-5-,11-7-. The number of H-pyrrole nitrogens is 1. The first-order chi connectivity index (χ1) is 18.0. The van der Waals surface area contributed by atoms with Crippen LogP contribution in [-0.4, -0.2) is 46.1 Å². The van der Waals surface area contributed by atoms with Crippen LogP contribution in [0.4, 0.5) is 0 Å². The highest BCUT2D eigenvalue weighted by molar-refractivity contribution is 7.99. The number of nitrogens with one attached hydrogen (secondary N) is 1. The summed E-state index contributed by atoms with van der Waals surface area (Å²) < 4.78 is 10.9. The Kier molecular flexibility index (Phi) is 11.3. The molecular formula is C30H34N2O4S. The van der Waals surface area contributed by atoms with E-state index in [1.165, 1.54) is 11.8 Å². The number of aromatic nitrogens is 2. The Bertz CT molecular complexity index is 1180. The molecule has 37 heavy (non-hydrogen) atoms. The largest absolute Gasteiger partial charge is 0.491 e. The summed E-state index contributed by atoms with van der Waals surface area (Å²) >= 11 is 1.45. The number of aromatic amines is 1. The van der Waals surface area contributed by atoms with Gasteiger partial charge in [0.25, 0.3) is 0 Å². The number of carbonyl (C=O) groups is 1. The smallest absolute Gasteiger partial charge is 0.338 e. The number of aliphatic hydroxyl groups excluding tert-OH is 1. The molecule has 0 aliphatic heterocycles. The third kappa shape index (κ3) is 9.44. The zero-order valence-electron chi connectivity index (χ0n) is 21.3. The van der Waals surface area contributed by atoms with E-state index in [2.05, 4.69) is 17.6 Å². The Morgan fingerprint density at radius 3 is 2.54 bits per heavy atom. The molecule has 0 bridgehead atoms. The number of nitrogens with zero attached hydrogens (tertiary/aromatic N) is 1. The van der Waals surface area contributed by atoms with Gasteiger partial charge in [0.15, 0.2) is 5.16 Å². The molecule has 1 aromatic heterocycles. The van der Waals surface area contributed by atoms with Crippen molar-refractivity contribution >= 4 is 17.7 Å². The van der Waals surface area contributed by atoms with Gasteiger partial charge in [-0.3, -0.25) is 0 Å². The van der Waals surface area contributed by atoms with Crippen LogP contribution >= 0.6 is 11.8 Å². The molecule has 1 heterocycles. The second-order valence-corrected chi connectivity index (χ2v) is 9.79. The van der Waals surface area contributed by atoms with Crippen LogP contribution in [-0.2, 0) is 11.2 Å². The Balaban J connectivity index is 1.54. The van der Waals surface area contributed by atoms with Crippen molar-refractivity contribution in [1.29, 1.82) is 0 Å². The van der Waals surface area contributed by atoms with Gasteiger partial charge in [0, 0.05) is 23.4 Å². The van der Waals surface area contributed by atoms with Crippen molar-refractivity contribution in [3.8, 4) is 17.0 Å². The van der Waals surface area contributed by atoms with Crippen LogP contribution in [0.1, 0.15) is 29.9 Å². The van der Waals surface area contributed by atoms with Crippen LogP contribution in [0, 0.1) is 5.92 Å².